The summed E-state index contributed by atoms with van der Waals surface area (Å²) in [4.78, 5) is 34.8. The van der Waals surface area contributed by atoms with E-state index in [0.29, 0.717) is 0 Å². The van der Waals surface area contributed by atoms with Gasteiger partial charge in [0.1, 0.15) is 6.10 Å². The number of ether oxygens (including phenoxy) is 3. The molecule has 1 rings (SSSR count). The molecule has 0 N–H and O–H groups in total. The lowest BCUT2D eigenvalue weighted by Crippen LogP contribution is -2.37. The van der Waals surface area contributed by atoms with E-state index in [1.807, 2.05) is 0 Å². The summed E-state index contributed by atoms with van der Waals surface area (Å²) < 4.78 is 14.7. The summed E-state index contributed by atoms with van der Waals surface area (Å²) in [6.07, 6.45) is -1.98. The van der Waals surface area contributed by atoms with Crippen LogP contribution in [-0.4, -0.2) is 43.1 Å². The van der Waals surface area contributed by atoms with Gasteiger partial charge in [-0.15, -0.1) is 0 Å². The summed E-state index contributed by atoms with van der Waals surface area (Å²) in [6, 6.07) is 0. The van der Waals surface area contributed by atoms with Crippen molar-refractivity contribution in [2.24, 2.45) is 5.92 Å². The predicted octanol–water partition coefficient (Wildman–Crippen LogP) is 0.0852. The van der Waals surface area contributed by atoms with Gasteiger partial charge in [0, 0.05) is 0 Å². The van der Waals surface area contributed by atoms with Crippen molar-refractivity contribution in [3.05, 3.63) is 0 Å². The molecule has 6 nitrogen and oxygen atoms in total. The van der Waals surface area contributed by atoms with E-state index < -0.39 is 35.8 Å². The van der Waals surface area contributed by atoms with Crippen molar-refractivity contribution in [2.45, 2.75) is 33.0 Å². The highest BCUT2D eigenvalue weighted by Gasteiger charge is 2.50. The number of hydrogen-bond donors (Lipinski definition) is 0. The molecule has 0 aromatic rings. The van der Waals surface area contributed by atoms with Crippen molar-refractivity contribution in [2.75, 3.05) is 13.2 Å². The molecule has 3 unspecified atom stereocenters. The smallest absolute Gasteiger partial charge is 0.336 e. The fraction of sp³-hybridized carbons (Fsp3) is 0.727. The Morgan fingerprint density at radius 1 is 1.18 bits per heavy atom. The third kappa shape index (κ3) is 2.82. The van der Waals surface area contributed by atoms with E-state index in [-0.39, 0.29) is 13.2 Å². The Balaban J connectivity index is 2.84. The van der Waals surface area contributed by atoms with Crippen LogP contribution in [0, 0.1) is 5.92 Å². The molecule has 1 aliphatic heterocycles. The van der Waals surface area contributed by atoms with Gasteiger partial charge in [0.15, 0.2) is 17.8 Å². The topological polar surface area (TPSA) is 78.9 Å². The molecule has 1 saturated heterocycles. The van der Waals surface area contributed by atoms with Crippen molar-refractivity contribution in [1.29, 1.82) is 0 Å². The van der Waals surface area contributed by atoms with Gasteiger partial charge in [-0.2, -0.15) is 0 Å². The van der Waals surface area contributed by atoms with Crippen LogP contribution in [0.15, 0.2) is 0 Å². The maximum absolute atomic E-state index is 11.7. The fourth-order valence-corrected chi connectivity index (χ4v) is 1.66. The maximum Gasteiger partial charge on any atom is 0.336 e. The SMILES string of the molecule is CCOC(=O)C1OC(C)C(=O)C1C(=O)OCC. The molecule has 0 saturated carbocycles. The minimum atomic E-state index is -1.20. The Kier molecular flexibility index (Phi) is 4.62. The van der Waals surface area contributed by atoms with Crippen LogP contribution in [0.25, 0.3) is 0 Å². The molecule has 0 aromatic heterocycles. The molecule has 0 spiro atoms. The number of carbonyl (C=O) groups is 3. The van der Waals surface area contributed by atoms with Crippen LogP contribution in [0.3, 0.4) is 0 Å². The van der Waals surface area contributed by atoms with E-state index in [1.54, 1.807) is 13.8 Å². The second-order valence-electron chi connectivity index (χ2n) is 3.58. The average Bonchev–Trinajstić information content (AvgIpc) is 2.56. The maximum atomic E-state index is 11.7. The lowest BCUT2D eigenvalue weighted by atomic mass is 9.98. The van der Waals surface area contributed by atoms with Crippen LogP contribution in [0.2, 0.25) is 0 Å². The number of hydrogen-bond acceptors (Lipinski definition) is 6. The van der Waals surface area contributed by atoms with E-state index in [4.69, 9.17) is 14.2 Å². The molecule has 6 heteroatoms. The van der Waals surface area contributed by atoms with Gasteiger partial charge >= 0.3 is 11.9 Å². The van der Waals surface area contributed by atoms with Crippen molar-refractivity contribution in [3.63, 3.8) is 0 Å². The van der Waals surface area contributed by atoms with Gasteiger partial charge in [-0.05, 0) is 20.8 Å². The Morgan fingerprint density at radius 2 is 1.71 bits per heavy atom. The Labute approximate surface area is 99.2 Å². The van der Waals surface area contributed by atoms with Gasteiger partial charge in [-0.25, -0.2) is 4.79 Å². The first-order chi connectivity index (χ1) is 8.02. The van der Waals surface area contributed by atoms with Gasteiger partial charge in [0.05, 0.1) is 13.2 Å². The normalized spacial score (nSPS) is 27.9. The van der Waals surface area contributed by atoms with Gasteiger partial charge in [-0.3, -0.25) is 9.59 Å². The van der Waals surface area contributed by atoms with E-state index in [1.165, 1.54) is 6.92 Å². The summed E-state index contributed by atoms with van der Waals surface area (Å²) in [7, 11) is 0. The molecule has 96 valence electrons. The van der Waals surface area contributed by atoms with E-state index in [9.17, 15) is 14.4 Å². The second kappa shape index (κ2) is 5.77. The minimum absolute atomic E-state index is 0.145. The molecule has 0 aliphatic carbocycles. The Bertz CT molecular complexity index is 324. The molecule has 1 fully saturated rings. The quantitative estimate of drug-likeness (QED) is 0.515. The Morgan fingerprint density at radius 3 is 2.24 bits per heavy atom. The zero-order valence-corrected chi connectivity index (χ0v) is 10.1. The van der Waals surface area contributed by atoms with Crippen molar-refractivity contribution in [3.8, 4) is 0 Å². The van der Waals surface area contributed by atoms with E-state index in [0.717, 1.165) is 0 Å². The lowest BCUT2D eigenvalue weighted by molar-refractivity contribution is -0.165. The largest absolute Gasteiger partial charge is 0.465 e. The summed E-state index contributed by atoms with van der Waals surface area (Å²) in [5.74, 6) is -3.09. The lowest BCUT2D eigenvalue weighted by Gasteiger charge is -2.14. The van der Waals surface area contributed by atoms with E-state index in [2.05, 4.69) is 0 Å². The number of ketones is 1. The zero-order valence-electron chi connectivity index (χ0n) is 10.1. The number of Topliss-reactive ketones (excluding diaryl/α,β-unsaturated/α-hetero) is 1. The van der Waals surface area contributed by atoms with Crippen molar-refractivity contribution >= 4 is 17.7 Å². The second-order valence-corrected chi connectivity index (χ2v) is 3.58. The van der Waals surface area contributed by atoms with Crippen LogP contribution < -0.4 is 0 Å². The van der Waals surface area contributed by atoms with Gasteiger partial charge in [-0.1, -0.05) is 0 Å². The summed E-state index contributed by atoms with van der Waals surface area (Å²) in [5, 5.41) is 0. The molecule has 0 bridgehead atoms. The van der Waals surface area contributed by atoms with Crippen LogP contribution in [0.4, 0.5) is 0 Å². The summed E-state index contributed by atoms with van der Waals surface area (Å²) >= 11 is 0. The third-order valence-electron chi connectivity index (χ3n) is 2.42. The van der Waals surface area contributed by atoms with Crippen molar-refractivity contribution in [1.82, 2.24) is 0 Å². The molecular formula is C11H16O6. The van der Waals surface area contributed by atoms with Crippen molar-refractivity contribution < 1.29 is 28.6 Å². The minimum Gasteiger partial charge on any atom is -0.465 e. The van der Waals surface area contributed by atoms with Crippen LogP contribution in [0.5, 0.6) is 0 Å². The molecule has 0 amide bonds. The molecular weight excluding hydrogens is 228 g/mol. The summed E-state index contributed by atoms with van der Waals surface area (Å²) in [6.45, 7) is 5.07. The van der Waals surface area contributed by atoms with Crippen LogP contribution in [0.1, 0.15) is 20.8 Å². The number of carbonyl (C=O) groups excluding carboxylic acids is 3. The Hall–Kier alpha value is -1.43. The molecule has 0 radical (unpaired) electrons. The van der Waals surface area contributed by atoms with Crippen LogP contribution >= 0.6 is 0 Å². The summed E-state index contributed by atoms with van der Waals surface area (Å²) in [5.41, 5.74) is 0. The highest BCUT2D eigenvalue weighted by Crippen LogP contribution is 2.25. The first-order valence-corrected chi connectivity index (χ1v) is 5.55. The number of rotatable bonds is 4. The predicted molar refractivity (Wildman–Crippen MR) is 56.1 cm³/mol. The molecule has 17 heavy (non-hydrogen) atoms. The van der Waals surface area contributed by atoms with Gasteiger partial charge in [0.2, 0.25) is 0 Å². The average molecular weight is 244 g/mol. The van der Waals surface area contributed by atoms with Gasteiger partial charge < -0.3 is 14.2 Å². The van der Waals surface area contributed by atoms with Gasteiger partial charge in [0.25, 0.3) is 0 Å². The monoisotopic (exact) mass is 244 g/mol. The standard InChI is InChI=1S/C11H16O6/c1-4-15-10(13)7-8(12)6(3)17-9(7)11(14)16-5-2/h6-7,9H,4-5H2,1-3H3. The molecule has 1 aliphatic rings. The van der Waals surface area contributed by atoms with E-state index >= 15 is 0 Å². The third-order valence-corrected chi connectivity index (χ3v) is 2.42. The zero-order chi connectivity index (χ0) is 13.0. The molecule has 1 heterocycles. The first kappa shape index (κ1) is 13.6. The van der Waals surface area contributed by atoms with Crippen LogP contribution in [-0.2, 0) is 28.6 Å². The first-order valence-electron chi connectivity index (χ1n) is 5.55. The highest BCUT2D eigenvalue weighted by molar-refractivity contribution is 6.07. The number of esters is 2. The molecule has 0 aromatic carbocycles. The fourth-order valence-electron chi connectivity index (χ4n) is 1.66. The molecule has 3 atom stereocenters. The highest BCUT2D eigenvalue weighted by atomic mass is 16.6.